The molecule has 2 fully saturated rings. The van der Waals surface area contributed by atoms with Crippen LogP contribution in [-0.4, -0.2) is 71.6 Å². The lowest BCUT2D eigenvalue weighted by Gasteiger charge is -2.37. The van der Waals surface area contributed by atoms with Crippen LogP contribution in [0, 0.1) is 30.0 Å². The van der Waals surface area contributed by atoms with Gasteiger partial charge in [0.15, 0.2) is 0 Å². The highest BCUT2D eigenvalue weighted by atomic mass is 32.2. The number of nitriles is 1. The second kappa shape index (κ2) is 11.8. The van der Waals surface area contributed by atoms with Gasteiger partial charge in [0.1, 0.15) is 17.6 Å². The van der Waals surface area contributed by atoms with Crippen LogP contribution in [0.25, 0.3) is 0 Å². The highest BCUT2D eigenvalue weighted by Gasteiger charge is 2.28. The predicted molar refractivity (Wildman–Crippen MR) is 163 cm³/mol. The third-order valence-electron chi connectivity index (χ3n) is 8.00. The number of benzene rings is 2. The van der Waals surface area contributed by atoms with E-state index in [9.17, 15) is 14.3 Å². The standard InChI is InChI=1S/C31H37N7O2S/c1-22-20-23(2)30(34-25-12-14-36(15-13-25)26-9-5-4-8-24(26)21-32)35-29(22)31(39)38-18-16-37(17-19-38)27-10-6-7-11-28(27)41(3,33)40/h4-11,20,25,33H,12-19H2,1-3H3,(H,34,35). The first-order valence-corrected chi connectivity index (χ1v) is 16.0. The molecule has 3 aromatic rings. The van der Waals surface area contributed by atoms with E-state index in [0.29, 0.717) is 42.3 Å². The molecule has 2 N–H and O–H groups in total. The molecular weight excluding hydrogens is 534 g/mol. The number of amides is 1. The fourth-order valence-electron chi connectivity index (χ4n) is 5.76. The van der Waals surface area contributed by atoms with Gasteiger partial charge in [-0.25, -0.2) is 14.0 Å². The molecule has 2 aliphatic rings. The SMILES string of the molecule is Cc1cc(C)c(C(=O)N2CCN(c3ccccc3S(C)(=N)=O)CC2)nc1NC1CCN(c2ccccc2C#N)CC1. The number of hydrogen-bond acceptors (Lipinski definition) is 8. The number of hydrogen-bond donors (Lipinski definition) is 2. The normalized spacial score (nSPS) is 17.6. The van der Waals surface area contributed by atoms with Crippen LogP contribution in [0.4, 0.5) is 17.2 Å². The van der Waals surface area contributed by atoms with E-state index in [0.717, 1.165) is 54.3 Å². The number of aryl methyl sites for hydroxylation is 2. The van der Waals surface area contributed by atoms with Crippen molar-refractivity contribution in [3.63, 3.8) is 0 Å². The van der Waals surface area contributed by atoms with Crippen molar-refractivity contribution in [2.24, 2.45) is 0 Å². The van der Waals surface area contributed by atoms with Crippen LogP contribution in [0.15, 0.2) is 59.5 Å². The van der Waals surface area contributed by atoms with Crippen molar-refractivity contribution in [3.8, 4) is 6.07 Å². The van der Waals surface area contributed by atoms with E-state index >= 15 is 0 Å². The highest BCUT2D eigenvalue weighted by Crippen LogP contribution is 2.28. The van der Waals surface area contributed by atoms with Crippen molar-refractivity contribution in [2.45, 2.75) is 37.6 Å². The Morgan fingerprint density at radius 1 is 0.951 bits per heavy atom. The molecule has 2 aliphatic heterocycles. The number of rotatable bonds is 6. The summed E-state index contributed by atoms with van der Waals surface area (Å²) in [6, 6.07) is 19.6. The molecule has 2 saturated heterocycles. The predicted octanol–water partition coefficient (Wildman–Crippen LogP) is 4.65. The monoisotopic (exact) mass is 571 g/mol. The van der Waals surface area contributed by atoms with E-state index in [1.807, 2.05) is 67.3 Å². The van der Waals surface area contributed by atoms with Crippen molar-refractivity contribution < 1.29 is 9.00 Å². The lowest BCUT2D eigenvalue weighted by molar-refractivity contribution is 0.0740. The van der Waals surface area contributed by atoms with Gasteiger partial charge in [-0.15, -0.1) is 0 Å². The van der Waals surface area contributed by atoms with Gasteiger partial charge in [-0.1, -0.05) is 30.3 Å². The van der Waals surface area contributed by atoms with Crippen LogP contribution in [-0.2, 0) is 9.73 Å². The highest BCUT2D eigenvalue weighted by molar-refractivity contribution is 7.91. The molecule has 0 radical (unpaired) electrons. The van der Waals surface area contributed by atoms with Crippen molar-refractivity contribution in [1.82, 2.24) is 9.88 Å². The number of carbonyl (C=O) groups excluding carboxylic acids is 1. The van der Waals surface area contributed by atoms with Crippen molar-refractivity contribution >= 4 is 32.8 Å². The molecule has 9 nitrogen and oxygen atoms in total. The maximum Gasteiger partial charge on any atom is 0.272 e. The third-order valence-corrected chi connectivity index (χ3v) is 9.18. The van der Waals surface area contributed by atoms with Crippen molar-refractivity contribution in [1.29, 1.82) is 10.0 Å². The fourth-order valence-corrected chi connectivity index (χ4v) is 6.70. The number of pyridine rings is 1. The topological polar surface area (TPSA) is 116 Å². The zero-order valence-electron chi connectivity index (χ0n) is 23.9. The van der Waals surface area contributed by atoms with Crippen molar-refractivity contribution in [2.75, 3.05) is 60.6 Å². The minimum atomic E-state index is -2.86. The van der Waals surface area contributed by atoms with Crippen LogP contribution in [0.1, 0.15) is 40.0 Å². The van der Waals surface area contributed by atoms with Crippen LogP contribution in [0.3, 0.4) is 0 Å². The van der Waals surface area contributed by atoms with E-state index in [1.54, 1.807) is 6.07 Å². The summed E-state index contributed by atoms with van der Waals surface area (Å²) in [5, 5.41) is 13.1. The first kappa shape index (κ1) is 28.4. The summed E-state index contributed by atoms with van der Waals surface area (Å²) in [6.45, 7) is 7.88. The molecule has 2 aromatic carbocycles. The van der Waals surface area contributed by atoms with Gasteiger partial charge in [0.2, 0.25) is 0 Å². The smallest absolute Gasteiger partial charge is 0.272 e. The summed E-state index contributed by atoms with van der Waals surface area (Å²) >= 11 is 0. The molecule has 3 heterocycles. The number of nitrogens with one attached hydrogen (secondary N) is 2. The molecule has 1 unspecified atom stereocenters. The number of para-hydroxylation sites is 2. The molecule has 1 aromatic heterocycles. The first-order valence-electron chi connectivity index (χ1n) is 14.0. The number of aromatic nitrogens is 1. The quantitative estimate of drug-likeness (QED) is 0.442. The van der Waals surface area contributed by atoms with Gasteiger partial charge in [0.25, 0.3) is 5.91 Å². The van der Waals surface area contributed by atoms with Crippen LogP contribution in [0.2, 0.25) is 0 Å². The van der Waals surface area contributed by atoms with Gasteiger partial charge in [-0.3, -0.25) is 4.79 Å². The van der Waals surface area contributed by atoms with Gasteiger partial charge in [-0.05, 0) is 62.1 Å². The van der Waals surface area contributed by atoms with Crippen LogP contribution >= 0.6 is 0 Å². The van der Waals surface area contributed by atoms with E-state index in [-0.39, 0.29) is 11.9 Å². The maximum atomic E-state index is 13.6. The zero-order chi connectivity index (χ0) is 29.1. The van der Waals surface area contributed by atoms with Gasteiger partial charge in [0.05, 0.1) is 31.6 Å². The maximum absolute atomic E-state index is 13.6. The average molecular weight is 572 g/mol. The molecule has 10 heteroatoms. The molecule has 5 rings (SSSR count). The summed E-state index contributed by atoms with van der Waals surface area (Å²) in [7, 11) is -2.86. The average Bonchev–Trinajstić information content (AvgIpc) is 2.98. The Morgan fingerprint density at radius 2 is 1.56 bits per heavy atom. The van der Waals surface area contributed by atoms with Gasteiger partial charge in [-0.2, -0.15) is 5.26 Å². The van der Waals surface area contributed by atoms with E-state index in [2.05, 4.69) is 21.2 Å². The third kappa shape index (κ3) is 6.15. The van der Waals surface area contributed by atoms with Gasteiger partial charge in [0, 0.05) is 51.6 Å². The van der Waals surface area contributed by atoms with Crippen LogP contribution in [0.5, 0.6) is 0 Å². The Labute approximate surface area is 242 Å². The first-order chi connectivity index (χ1) is 19.7. The van der Waals surface area contributed by atoms with E-state index in [4.69, 9.17) is 9.76 Å². The minimum Gasteiger partial charge on any atom is -0.370 e. The Balaban J connectivity index is 1.24. The molecule has 0 bridgehead atoms. The minimum absolute atomic E-state index is 0.0822. The van der Waals surface area contributed by atoms with Crippen molar-refractivity contribution in [3.05, 3.63) is 77.0 Å². The lowest BCUT2D eigenvalue weighted by Crippen LogP contribution is -2.49. The van der Waals surface area contributed by atoms with Gasteiger partial charge >= 0.3 is 0 Å². The number of nitrogens with zero attached hydrogens (tertiary/aromatic N) is 5. The Morgan fingerprint density at radius 3 is 2.22 bits per heavy atom. The Bertz CT molecular complexity index is 1580. The Hall–Kier alpha value is -4.10. The number of piperidine rings is 1. The largest absolute Gasteiger partial charge is 0.370 e. The molecular formula is C31H37N7O2S. The molecule has 41 heavy (non-hydrogen) atoms. The van der Waals surface area contributed by atoms with E-state index in [1.165, 1.54) is 6.26 Å². The second-order valence-corrected chi connectivity index (χ2v) is 13.1. The lowest BCUT2D eigenvalue weighted by atomic mass is 10.0. The van der Waals surface area contributed by atoms with Gasteiger partial charge < -0.3 is 20.0 Å². The molecule has 0 spiro atoms. The molecule has 0 aliphatic carbocycles. The summed E-state index contributed by atoms with van der Waals surface area (Å²) in [5.41, 5.74) is 4.82. The number of anilines is 3. The summed E-state index contributed by atoms with van der Waals surface area (Å²) in [5.74, 6) is 0.664. The molecule has 0 saturated carbocycles. The second-order valence-electron chi connectivity index (χ2n) is 10.9. The molecule has 214 valence electrons. The summed E-state index contributed by atoms with van der Waals surface area (Å²) < 4.78 is 20.6. The molecule has 1 atom stereocenters. The summed E-state index contributed by atoms with van der Waals surface area (Å²) in [6.07, 6.45) is 3.26. The number of piperazine rings is 1. The van der Waals surface area contributed by atoms with E-state index < -0.39 is 9.73 Å². The Kier molecular flexibility index (Phi) is 8.18. The number of carbonyl (C=O) groups is 1. The fraction of sp³-hybridized carbons (Fsp3) is 0.387. The summed E-state index contributed by atoms with van der Waals surface area (Å²) in [4.78, 5) is 25.2. The van der Waals surface area contributed by atoms with Crippen LogP contribution < -0.4 is 15.1 Å². The molecule has 1 amide bonds. The zero-order valence-corrected chi connectivity index (χ0v) is 24.7.